The molecule has 50 heavy (non-hydrogen) atoms. The molecule has 262 valence electrons. The molecule has 0 aliphatic rings. The lowest BCUT2D eigenvalue weighted by Crippen LogP contribution is -2.06. The molecule has 0 radical (unpaired) electrons. The van der Waals surface area contributed by atoms with Crippen LogP contribution in [0.3, 0.4) is 0 Å². The van der Waals surface area contributed by atoms with E-state index in [1.54, 1.807) is 0 Å². The summed E-state index contributed by atoms with van der Waals surface area (Å²) in [5.41, 5.74) is 5.28. The van der Waals surface area contributed by atoms with Gasteiger partial charge in [0, 0.05) is 0 Å². The van der Waals surface area contributed by atoms with Crippen LogP contribution in [0.25, 0.3) is 22.3 Å². The van der Waals surface area contributed by atoms with Crippen molar-refractivity contribution in [2.24, 2.45) is 0 Å². The van der Waals surface area contributed by atoms with Gasteiger partial charge in [0.05, 0.1) is 37.6 Å². The highest BCUT2D eigenvalue weighted by molar-refractivity contribution is 5.90. The van der Waals surface area contributed by atoms with Crippen molar-refractivity contribution in [1.82, 2.24) is 0 Å². The maximum atomic E-state index is 12.5. The summed E-state index contributed by atoms with van der Waals surface area (Å²) in [5, 5.41) is 0. The molecule has 0 N–H and O–H groups in total. The number of carbonyl (C=O) groups excluding carboxylic acids is 2. The standard InChI is InChI=1S/C44H50O6/c1-3-5-11-31-47-41-27-23-37(24-28-41)35-15-19-39(20-16-35)43(45)49-33-13-9-7-8-10-14-34-50-44(46)40-21-17-36(18-22-40)38-25-29-42(30-26-38)48-32-12-6-4-2/h3-4,15-30H,1-2,5-14,31-34H2. The Labute approximate surface area is 297 Å². The normalized spacial score (nSPS) is 10.6. The van der Waals surface area contributed by atoms with Crippen molar-refractivity contribution in [2.75, 3.05) is 26.4 Å². The number of esters is 2. The molecule has 0 amide bonds. The molecule has 0 unspecified atom stereocenters. The van der Waals surface area contributed by atoms with Crippen LogP contribution >= 0.6 is 0 Å². The predicted octanol–water partition coefficient (Wildman–Crippen LogP) is 11.1. The summed E-state index contributed by atoms with van der Waals surface area (Å²) in [5.74, 6) is 1.09. The molecule has 0 saturated carbocycles. The van der Waals surface area contributed by atoms with Crippen molar-refractivity contribution < 1.29 is 28.5 Å². The largest absolute Gasteiger partial charge is 0.494 e. The number of hydrogen-bond acceptors (Lipinski definition) is 6. The summed E-state index contributed by atoms with van der Waals surface area (Å²) in [4.78, 5) is 25.0. The van der Waals surface area contributed by atoms with Crippen LogP contribution in [0.5, 0.6) is 11.5 Å². The van der Waals surface area contributed by atoms with Crippen molar-refractivity contribution in [3.05, 3.63) is 133 Å². The summed E-state index contributed by atoms with van der Waals surface area (Å²) in [7, 11) is 0. The summed E-state index contributed by atoms with van der Waals surface area (Å²) in [6, 6.07) is 30.9. The third-order valence-electron chi connectivity index (χ3n) is 8.26. The summed E-state index contributed by atoms with van der Waals surface area (Å²) < 4.78 is 22.5. The van der Waals surface area contributed by atoms with Gasteiger partial charge in [0.2, 0.25) is 0 Å². The molecule has 0 fully saturated rings. The number of hydrogen-bond donors (Lipinski definition) is 0. The van der Waals surface area contributed by atoms with Crippen molar-refractivity contribution in [1.29, 1.82) is 0 Å². The second-order valence-electron chi connectivity index (χ2n) is 12.2. The van der Waals surface area contributed by atoms with Crippen LogP contribution in [0.1, 0.15) is 84.9 Å². The highest BCUT2D eigenvalue weighted by atomic mass is 16.5. The molecular weight excluding hydrogens is 624 g/mol. The van der Waals surface area contributed by atoms with E-state index in [9.17, 15) is 9.59 Å². The van der Waals surface area contributed by atoms with Crippen molar-refractivity contribution >= 4 is 11.9 Å². The van der Waals surface area contributed by atoms with Crippen molar-refractivity contribution in [3.63, 3.8) is 0 Å². The zero-order valence-corrected chi connectivity index (χ0v) is 29.2. The fraction of sp³-hybridized carbons (Fsp3) is 0.318. The van der Waals surface area contributed by atoms with Gasteiger partial charge in [0.15, 0.2) is 0 Å². The van der Waals surface area contributed by atoms with Crippen LogP contribution in [-0.4, -0.2) is 38.4 Å². The van der Waals surface area contributed by atoms with Gasteiger partial charge in [0.25, 0.3) is 0 Å². The van der Waals surface area contributed by atoms with Gasteiger partial charge in [-0.05, 0) is 109 Å². The van der Waals surface area contributed by atoms with E-state index in [2.05, 4.69) is 13.2 Å². The highest BCUT2D eigenvalue weighted by Gasteiger charge is 2.09. The highest BCUT2D eigenvalue weighted by Crippen LogP contribution is 2.25. The summed E-state index contributed by atoms with van der Waals surface area (Å²) in [6.07, 6.45) is 13.3. The maximum absolute atomic E-state index is 12.5. The van der Waals surface area contributed by atoms with Crippen LogP contribution in [0.15, 0.2) is 122 Å². The summed E-state index contributed by atoms with van der Waals surface area (Å²) in [6.45, 7) is 9.61. The minimum Gasteiger partial charge on any atom is -0.494 e. The lowest BCUT2D eigenvalue weighted by molar-refractivity contribution is 0.0484. The number of allylic oxidation sites excluding steroid dienone is 2. The molecule has 0 aliphatic carbocycles. The molecule has 0 aromatic heterocycles. The SMILES string of the molecule is C=CCCCOc1ccc(-c2ccc(C(=O)OCCCCCCCCOC(=O)c3ccc(-c4ccc(OCCCC=C)cc4)cc3)cc2)cc1. The smallest absolute Gasteiger partial charge is 0.338 e. The van der Waals surface area contributed by atoms with E-state index < -0.39 is 0 Å². The average Bonchev–Trinajstić information content (AvgIpc) is 3.16. The maximum Gasteiger partial charge on any atom is 0.338 e. The topological polar surface area (TPSA) is 71.1 Å². The van der Waals surface area contributed by atoms with E-state index >= 15 is 0 Å². The molecule has 0 aliphatic heterocycles. The first-order valence-corrected chi connectivity index (χ1v) is 17.8. The number of ether oxygens (including phenoxy) is 4. The zero-order chi connectivity index (χ0) is 35.2. The fourth-order valence-corrected chi connectivity index (χ4v) is 5.33. The molecule has 0 bridgehead atoms. The molecule has 0 heterocycles. The number of benzene rings is 4. The van der Waals surface area contributed by atoms with Crippen LogP contribution in [-0.2, 0) is 9.47 Å². The Hall–Kier alpha value is -5.10. The Bertz CT molecular complexity index is 1470. The lowest BCUT2D eigenvalue weighted by atomic mass is 10.0. The second kappa shape index (κ2) is 21.8. The van der Waals surface area contributed by atoms with E-state index in [-0.39, 0.29) is 11.9 Å². The minimum atomic E-state index is -0.300. The van der Waals surface area contributed by atoms with Crippen molar-refractivity contribution in [3.8, 4) is 33.8 Å². The Morgan fingerprint density at radius 3 is 1.08 bits per heavy atom. The second-order valence-corrected chi connectivity index (χ2v) is 12.2. The molecule has 6 nitrogen and oxygen atoms in total. The Morgan fingerprint density at radius 1 is 0.420 bits per heavy atom. The molecule has 0 saturated heterocycles. The molecular formula is C44H50O6. The van der Waals surface area contributed by atoms with Gasteiger partial charge in [-0.25, -0.2) is 9.59 Å². The Balaban J connectivity index is 1.03. The lowest BCUT2D eigenvalue weighted by Gasteiger charge is -2.08. The van der Waals surface area contributed by atoms with E-state index in [1.807, 2.05) is 109 Å². The van der Waals surface area contributed by atoms with Crippen LogP contribution < -0.4 is 9.47 Å². The Morgan fingerprint density at radius 2 is 0.740 bits per heavy atom. The molecule has 6 heteroatoms. The molecule has 0 atom stereocenters. The molecule has 0 spiro atoms. The average molecular weight is 675 g/mol. The Kier molecular flexibility index (Phi) is 16.4. The fourth-order valence-electron chi connectivity index (χ4n) is 5.33. The van der Waals surface area contributed by atoms with E-state index in [4.69, 9.17) is 18.9 Å². The predicted molar refractivity (Wildman–Crippen MR) is 202 cm³/mol. The first-order chi connectivity index (χ1) is 24.6. The van der Waals surface area contributed by atoms with Crippen LogP contribution in [0, 0.1) is 0 Å². The molecule has 4 rings (SSSR count). The van der Waals surface area contributed by atoms with Gasteiger partial charge in [-0.3, -0.25) is 0 Å². The van der Waals surface area contributed by atoms with E-state index in [1.165, 1.54) is 0 Å². The monoisotopic (exact) mass is 674 g/mol. The van der Waals surface area contributed by atoms with E-state index in [0.717, 1.165) is 98.0 Å². The molecule has 4 aromatic rings. The summed E-state index contributed by atoms with van der Waals surface area (Å²) >= 11 is 0. The third-order valence-corrected chi connectivity index (χ3v) is 8.26. The van der Waals surface area contributed by atoms with Crippen LogP contribution in [0.2, 0.25) is 0 Å². The quantitative estimate of drug-likeness (QED) is 0.0443. The zero-order valence-electron chi connectivity index (χ0n) is 29.2. The number of carbonyl (C=O) groups is 2. The van der Waals surface area contributed by atoms with Crippen LogP contribution in [0.4, 0.5) is 0 Å². The van der Waals surface area contributed by atoms with Gasteiger partial charge in [0.1, 0.15) is 11.5 Å². The van der Waals surface area contributed by atoms with Gasteiger partial charge >= 0.3 is 11.9 Å². The van der Waals surface area contributed by atoms with Gasteiger partial charge < -0.3 is 18.9 Å². The number of rotatable bonds is 23. The first-order valence-electron chi connectivity index (χ1n) is 17.8. The molecule has 4 aromatic carbocycles. The van der Waals surface area contributed by atoms with Crippen molar-refractivity contribution in [2.45, 2.75) is 64.2 Å². The van der Waals surface area contributed by atoms with E-state index in [0.29, 0.717) is 37.6 Å². The third kappa shape index (κ3) is 13.1. The first kappa shape index (κ1) is 37.7. The number of unbranched alkanes of at least 4 members (excludes halogenated alkanes) is 7. The minimum absolute atomic E-state index is 0.300. The van der Waals surface area contributed by atoms with Gasteiger partial charge in [-0.1, -0.05) is 86.4 Å². The van der Waals surface area contributed by atoms with Gasteiger partial charge in [-0.15, -0.1) is 13.2 Å². The van der Waals surface area contributed by atoms with Gasteiger partial charge in [-0.2, -0.15) is 0 Å².